The van der Waals surface area contributed by atoms with E-state index in [0.29, 0.717) is 18.4 Å². The van der Waals surface area contributed by atoms with Crippen LogP contribution in [0.15, 0.2) is 0 Å². The van der Waals surface area contributed by atoms with Crippen molar-refractivity contribution in [2.24, 2.45) is 11.3 Å². The van der Waals surface area contributed by atoms with E-state index in [-0.39, 0.29) is 23.7 Å². The standard InChI is InChI=1S/C13H26N2O.ClH/c1-10-6-8-14-9-11(10)15-12(16)5-7-13(2,3)4;/h10-11,14H,5-9H2,1-4H3,(H,15,16);1H. The number of amides is 1. The van der Waals surface area contributed by atoms with Gasteiger partial charge in [-0.2, -0.15) is 0 Å². The van der Waals surface area contributed by atoms with Gasteiger partial charge in [0.05, 0.1) is 0 Å². The highest BCUT2D eigenvalue weighted by Gasteiger charge is 2.23. The van der Waals surface area contributed by atoms with Gasteiger partial charge in [-0.05, 0) is 30.7 Å². The molecule has 0 saturated carbocycles. The van der Waals surface area contributed by atoms with Gasteiger partial charge in [0.2, 0.25) is 5.91 Å². The largest absolute Gasteiger partial charge is 0.352 e. The molecule has 1 rings (SSSR count). The molecule has 2 atom stereocenters. The van der Waals surface area contributed by atoms with Crippen LogP contribution in [-0.4, -0.2) is 25.0 Å². The first-order valence-corrected chi connectivity index (χ1v) is 6.38. The maximum absolute atomic E-state index is 11.8. The Morgan fingerprint density at radius 1 is 1.41 bits per heavy atom. The van der Waals surface area contributed by atoms with Crippen molar-refractivity contribution < 1.29 is 4.79 Å². The summed E-state index contributed by atoms with van der Waals surface area (Å²) in [5, 5.41) is 6.47. The molecule has 4 heteroatoms. The second-order valence-electron chi connectivity index (χ2n) is 6.20. The molecular formula is C13H27ClN2O. The molecule has 102 valence electrons. The van der Waals surface area contributed by atoms with Crippen LogP contribution in [0, 0.1) is 11.3 Å². The van der Waals surface area contributed by atoms with Crippen molar-refractivity contribution in [1.29, 1.82) is 0 Å². The molecule has 2 unspecified atom stereocenters. The number of carbonyl (C=O) groups is 1. The van der Waals surface area contributed by atoms with Gasteiger partial charge in [-0.3, -0.25) is 4.79 Å². The Morgan fingerprint density at radius 3 is 2.59 bits per heavy atom. The lowest BCUT2D eigenvalue weighted by molar-refractivity contribution is -0.122. The van der Waals surface area contributed by atoms with Gasteiger partial charge < -0.3 is 10.6 Å². The first kappa shape index (κ1) is 16.7. The van der Waals surface area contributed by atoms with Crippen LogP contribution < -0.4 is 10.6 Å². The van der Waals surface area contributed by atoms with Crippen LogP contribution in [0.3, 0.4) is 0 Å². The molecule has 1 saturated heterocycles. The quantitative estimate of drug-likeness (QED) is 0.820. The number of halogens is 1. The third-order valence-corrected chi connectivity index (χ3v) is 3.28. The molecule has 0 spiro atoms. The topological polar surface area (TPSA) is 41.1 Å². The van der Waals surface area contributed by atoms with Gasteiger partial charge in [0.1, 0.15) is 0 Å². The highest BCUT2D eigenvalue weighted by molar-refractivity contribution is 5.85. The van der Waals surface area contributed by atoms with E-state index >= 15 is 0 Å². The zero-order valence-electron chi connectivity index (χ0n) is 11.5. The zero-order valence-corrected chi connectivity index (χ0v) is 12.3. The maximum Gasteiger partial charge on any atom is 0.220 e. The lowest BCUT2D eigenvalue weighted by atomic mass is 9.90. The molecule has 3 nitrogen and oxygen atoms in total. The van der Waals surface area contributed by atoms with Gasteiger partial charge in [-0.15, -0.1) is 12.4 Å². The predicted octanol–water partition coefficient (Wildman–Crippen LogP) is 2.35. The summed E-state index contributed by atoms with van der Waals surface area (Å²) >= 11 is 0. The molecule has 1 fully saturated rings. The summed E-state index contributed by atoms with van der Waals surface area (Å²) in [5.41, 5.74) is 0.244. The number of hydrogen-bond donors (Lipinski definition) is 2. The monoisotopic (exact) mass is 262 g/mol. The molecule has 0 aliphatic carbocycles. The summed E-state index contributed by atoms with van der Waals surface area (Å²) in [6, 6.07) is 0.321. The highest BCUT2D eigenvalue weighted by Crippen LogP contribution is 2.20. The molecule has 1 amide bonds. The van der Waals surface area contributed by atoms with E-state index in [1.165, 1.54) is 0 Å². The summed E-state index contributed by atoms with van der Waals surface area (Å²) < 4.78 is 0. The fourth-order valence-electron chi connectivity index (χ4n) is 1.95. The van der Waals surface area contributed by atoms with Crippen LogP contribution in [0.25, 0.3) is 0 Å². The molecule has 1 aliphatic heterocycles. The van der Waals surface area contributed by atoms with E-state index in [0.717, 1.165) is 25.9 Å². The van der Waals surface area contributed by atoms with Crippen molar-refractivity contribution in [2.75, 3.05) is 13.1 Å². The first-order valence-electron chi connectivity index (χ1n) is 6.38. The van der Waals surface area contributed by atoms with E-state index in [1.807, 2.05) is 0 Å². The van der Waals surface area contributed by atoms with Gasteiger partial charge in [0.25, 0.3) is 0 Å². The number of piperidine rings is 1. The van der Waals surface area contributed by atoms with Gasteiger partial charge >= 0.3 is 0 Å². The van der Waals surface area contributed by atoms with E-state index in [1.54, 1.807) is 0 Å². The van der Waals surface area contributed by atoms with E-state index in [9.17, 15) is 4.79 Å². The summed E-state index contributed by atoms with van der Waals surface area (Å²) in [5.74, 6) is 0.801. The Morgan fingerprint density at radius 2 is 2.06 bits per heavy atom. The molecule has 1 heterocycles. The van der Waals surface area contributed by atoms with E-state index < -0.39 is 0 Å². The van der Waals surface area contributed by atoms with Gasteiger partial charge in [0, 0.05) is 19.0 Å². The molecular weight excluding hydrogens is 236 g/mol. The van der Waals surface area contributed by atoms with Gasteiger partial charge in [-0.25, -0.2) is 0 Å². The third-order valence-electron chi connectivity index (χ3n) is 3.28. The molecule has 0 aromatic rings. The maximum atomic E-state index is 11.8. The second kappa shape index (κ2) is 7.22. The van der Waals surface area contributed by atoms with Crippen molar-refractivity contribution in [1.82, 2.24) is 10.6 Å². The van der Waals surface area contributed by atoms with Crippen molar-refractivity contribution in [3.8, 4) is 0 Å². The van der Waals surface area contributed by atoms with Crippen molar-refractivity contribution in [2.45, 2.75) is 53.0 Å². The minimum absolute atomic E-state index is 0. The molecule has 2 N–H and O–H groups in total. The van der Waals surface area contributed by atoms with Crippen molar-refractivity contribution >= 4 is 18.3 Å². The summed E-state index contributed by atoms with van der Waals surface area (Å²) in [4.78, 5) is 11.8. The third kappa shape index (κ3) is 6.89. The fourth-order valence-corrected chi connectivity index (χ4v) is 1.95. The highest BCUT2D eigenvalue weighted by atomic mass is 35.5. The van der Waals surface area contributed by atoms with Crippen LogP contribution in [0.5, 0.6) is 0 Å². The van der Waals surface area contributed by atoms with Crippen LogP contribution in [0.4, 0.5) is 0 Å². The van der Waals surface area contributed by atoms with E-state index in [4.69, 9.17) is 0 Å². The number of rotatable bonds is 3. The lowest BCUT2D eigenvalue weighted by Crippen LogP contribution is -2.50. The molecule has 0 aromatic heterocycles. The molecule has 0 aromatic carbocycles. The zero-order chi connectivity index (χ0) is 12.2. The SMILES string of the molecule is CC1CCNCC1NC(=O)CCC(C)(C)C.Cl. The summed E-state index contributed by atoms with van der Waals surface area (Å²) in [6.07, 6.45) is 2.75. The van der Waals surface area contributed by atoms with Gasteiger partial charge in [0.15, 0.2) is 0 Å². The number of hydrogen-bond acceptors (Lipinski definition) is 2. The van der Waals surface area contributed by atoms with Crippen molar-refractivity contribution in [3.05, 3.63) is 0 Å². The summed E-state index contributed by atoms with van der Waals surface area (Å²) in [6.45, 7) is 10.7. The molecule has 0 radical (unpaired) electrons. The smallest absolute Gasteiger partial charge is 0.220 e. The Kier molecular flexibility index (Phi) is 7.10. The Balaban J connectivity index is 0.00000256. The predicted molar refractivity (Wildman–Crippen MR) is 74.5 cm³/mol. The molecule has 0 bridgehead atoms. The average molecular weight is 263 g/mol. The lowest BCUT2D eigenvalue weighted by Gasteiger charge is -2.30. The average Bonchev–Trinajstić information content (AvgIpc) is 2.18. The Labute approximate surface area is 112 Å². The van der Waals surface area contributed by atoms with E-state index in [2.05, 4.69) is 38.3 Å². The molecule has 1 aliphatic rings. The van der Waals surface area contributed by atoms with Crippen LogP contribution in [0.2, 0.25) is 0 Å². The second-order valence-corrected chi connectivity index (χ2v) is 6.20. The van der Waals surface area contributed by atoms with Crippen LogP contribution in [-0.2, 0) is 4.79 Å². The fraction of sp³-hybridized carbons (Fsp3) is 0.923. The van der Waals surface area contributed by atoms with Crippen LogP contribution >= 0.6 is 12.4 Å². The minimum atomic E-state index is 0. The van der Waals surface area contributed by atoms with Gasteiger partial charge in [-0.1, -0.05) is 27.7 Å². The molecule has 17 heavy (non-hydrogen) atoms. The first-order chi connectivity index (χ1) is 7.38. The Hall–Kier alpha value is -0.280. The summed E-state index contributed by atoms with van der Waals surface area (Å²) in [7, 11) is 0. The normalized spacial score (nSPS) is 24.9. The minimum Gasteiger partial charge on any atom is -0.352 e. The van der Waals surface area contributed by atoms with Crippen LogP contribution in [0.1, 0.15) is 47.0 Å². The number of nitrogens with one attached hydrogen (secondary N) is 2. The number of carbonyl (C=O) groups excluding carboxylic acids is 1. The van der Waals surface area contributed by atoms with Crippen molar-refractivity contribution in [3.63, 3.8) is 0 Å². The Bertz CT molecular complexity index is 238.